The first-order valence-electron chi connectivity index (χ1n) is 3.64. The lowest BCUT2D eigenvalue weighted by Gasteiger charge is -2.39. The molecule has 0 radical (unpaired) electrons. The van der Waals surface area contributed by atoms with Gasteiger partial charge in [-0.2, -0.15) is 0 Å². The summed E-state index contributed by atoms with van der Waals surface area (Å²) in [6.07, 6.45) is -1.38. The number of halogens is 2. The number of sulfonamides is 1. The summed E-state index contributed by atoms with van der Waals surface area (Å²) in [5.41, 5.74) is -1.34. The van der Waals surface area contributed by atoms with Crippen molar-refractivity contribution in [2.75, 3.05) is 5.75 Å². The Labute approximate surface area is 70.0 Å². The minimum Gasteiger partial charge on any atom is -0.229 e. The second-order valence-electron chi connectivity index (χ2n) is 3.32. The highest BCUT2D eigenvalue weighted by atomic mass is 32.2. The summed E-state index contributed by atoms with van der Waals surface area (Å²) in [5.74, 6) is -0.586. The van der Waals surface area contributed by atoms with Gasteiger partial charge in [0.1, 0.15) is 0 Å². The van der Waals surface area contributed by atoms with Crippen molar-refractivity contribution in [3.63, 3.8) is 0 Å². The fourth-order valence-electron chi connectivity index (χ4n) is 1.46. The Balaban J connectivity index is 2.70. The van der Waals surface area contributed by atoms with E-state index in [2.05, 4.69) is 0 Å². The Bertz CT molecular complexity index is 259. The minimum absolute atomic E-state index is 0.265. The van der Waals surface area contributed by atoms with Crippen LogP contribution in [0.2, 0.25) is 0 Å². The van der Waals surface area contributed by atoms with Crippen LogP contribution in [0, 0.1) is 5.41 Å². The van der Waals surface area contributed by atoms with Crippen LogP contribution in [-0.2, 0) is 10.0 Å². The normalized spacial score (nSPS) is 22.3. The maximum absolute atomic E-state index is 12.3. The van der Waals surface area contributed by atoms with Crippen LogP contribution in [0.25, 0.3) is 0 Å². The minimum atomic E-state index is -3.77. The van der Waals surface area contributed by atoms with Crippen LogP contribution in [0.5, 0.6) is 0 Å². The Kier molecular flexibility index (Phi) is 2.40. The summed E-state index contributed by atoms with van der Waals surface area (Å²) in [7, 11) is -3.77. The SMILES string of the molecule is NS(=O)(=O)CC1(C(F)F)CCC1. The molecule has 0 amide bonds. The molecule has 1 rings (SSSR count). The summed E-state index contributed by atoms with van der Waals surface area (Å²) < 4.78 is 45.9. The molecule has 1 fully saturated rings. The van der Waals surface area contributed by atoms with Gasteiger partial charge in [-0.1, -0.05) is 6.42 Å². The molecule has 3 nitrogen and oxygen atoms in total. The standard InChI is InChI=1S/C6H11F2NO2S/c7-5(8)6(2-1-3-6)4-12(9,10)11/h5H,1-4H2,(H2,9,10,11). The highest BCUT2D eigenvalue weighted by molar-refractivity contribution is 7.89. The molecule has 0 spiro atoms. The lowest BCUT2D eigenvalue weighted by molar-refractivity contribution is -0.0432. The third-order valence-corrected chi connectivity index (χ3v) is 3.28. The summed E-state index contributed by atoms with van der Waals surface area (Å²) in [6.45, 7) is 0. The van der Waals surface area contributed by atoms with E-state index in [1.807, 2.05) is 0 Å². The number of hydrogen-bond donors (Lipinski definition) is 1. The lowest BCUT2D eigenvalue weighted by atomic mass is 9.70. The van der Waals surface area contributed by atoms with E-state index in [4.69, 9.17) is 5.14 Å². The molecule has 6 heteroatoms. The van der Waals surface area contributed by atoms with Crippen molar-refractivity contribution in [3.05, 3.63) is 0 Å². The lowest BCUT2D eigenvalue weighted by Crippen LogP contribution is -2.44. The highest BCUT2D eigenvalue weighted by Crippen LogP contribution is 2.46. The Morgan fingerprint density at radius 2 is 1.92 bits per heavy atom. The maximum Gasteiger partial charge on any atom is 0.245 e. The van der Waals surface area contributed by atoms with E-state index in [1.54, 1.807) is 0 Å². The van der Waals surface area contributed by atoms with E-state index in [9.17, 15) is 17.2 Å². The Morgan fingerprint density at radius 1 is 1.42 bits per heavy atom. The van der Waals surface area contributed by atoms with Crippen LogP contribution < -0.4 is 5.14 Å². The van der Waals surface area contributed by atoms with E-state index in [0.717, 1.165) is 0 Å². The summed E-state index contributed by atoms with van der Waals surface area (Å²) in [5, 5.41) is 4.71. The third kappa shape index (κ3) is 1.92. The van der Waals surface area contributed by atoms with Gasteiger partial charge in [0.25, 0.3) is 0 Å². The summed E-state index contributed by atoms with van der Waals surface area (Å²) >= 11 is 0. The second-order valence-corrected chi connectivity index (χ2v) is 4.94. The van der Waals surface area contributed by atoms with Gasteiger partial charge in [0.2, 0.25) is 16.4 Å². The van der Waals surface area contributed by atoms with E-state index in [-0.39, 0.29) is 12.8 Å². The average molecular weight is 199 g/mol. The topological polar surface area (TPSA) is 60.2 Å². The number of alkyl halides is 2. The molecule has 0 heterocycles. The van der Waals surface area contributed by atoms with E-state index >= 15 is 0 Å². The molecule has 0 aromatic rings. The van der Waals surface area contributed by atoms with Gasteiger partial charge in [-0.15, -0.1) is 0 Å². The van der Waals surface area contributed by atoms with Gasteiger partial charge >= 0.3 is 0 Å². The van der Waals surface area contributed by atoms with Crippen molar-refractivity contribution in [1.29, 1.82) is 0 Å². The third-order valence-electron chi connectivity index (χ3n) is 2.30. The molecule has 0 saturated heterocycles. The van der Waals surface area contributed by atoms with Gasteiger partial charge in [-0.25, -0.2) is 22.3 Å². The molecular formula is C6H11F2NO2S. The molecule has 1 saturated carbocycles. The van der Waals surface area contributed by atoms with Crippen LogP contribution in [0.4, 0.5) is 8.78 Å². The fourth-order valence-corrected chi connectivity index (χ4v) is 2.67. The number of nitrogens with two attached hydrogens (primary N) is 1. The zero-order chi connectivity index (χ0) is 9.41. The first-order chi connectivity index (χ1) is 5.36. The molecule has 0 aliphatic heterocycles. The summed E-state index contributed by atoms with van der Waals surface area (Å²) in [6, 6.07) is 0. The number of primary sulfonamides is 1. The van der Waals surface area contributed by atoms with Crippen LogP contribution in [0.1, 0.15) is 19.3 Å². The molecule has 12 heavy (non-hydrogen) atoms. The van der Waals surface area contributed by atoms with Crippen molar-refractivity contribution in [3.8, 4) is 0 Å². The molecular weight excluding hydrogens is 188 g/mol. The van der Waals surface area contributed by atoms with E-state index < -0.39 is 27.6 Å². The van der Waals surface area contributed by atoms with Crippen molar-refractivity contribution in [1.82, 2.24) is 0 Å². The smallest absolute Gasteiger partial charge is 0.229 e. The van der Waals surface area contributed by atoms with E-state index in [0.29, 0.717) is 6.42 Å². The highest BCUT2D eigenvalue weighted by Gasteiger charge is 2.47. The zero-order valence-electron chi connectivity index (χ0n) is 6.46. The summed E-state index contributed by atoms with van der Waals surface area (Å²) in [4.78, 5) is 0. The Morgan fingerprint density at radius 3 is 2.00 bits per heavy atom. The molecule has 0 aromatic carbocycles. The monoisotopic (exact) mass is 199 g/mol. The van der Waals surface area contributed by atoms with Crippen molar-refractivity contribution in [2.45, 2.75) is 25.7 Å². The predicted molar refractivity (Wildman–Crippen MR) is 40.3 cm³/mol. The number of hydrogen-bond acceptors (Lipinski definition) is 2. The van der Waals surface area contributed by atoms with Gasteiger partial charge in [-0.05, 0) is 12.8 Å². The largest absolute Gasteiger partial charge is 0.245 e. The van der Waals surface area contributed by atoms with Crippen molar-refractivity contribution < 1.29 is 17.2 Å². The number of rotatable bonds is 3. The van der Waals surface area contributed by atoms with Crippen LogP contribution >= 0.6 is 0 Å². The maximum atomic E-state index is 12.3. The first-order valence-corrected chi connectivity index (χ1v) is 5.36. The Hall–Kier alpha value is -0.230. The fraction of sp³-hybridized carbons (Fsp3) is 1.00. The zero-order valence-corrected chi connectivity index (χ0v) is 7.28. The average Bonchev–Trinajstić information content (AvgIpc) is 1.75. The van der Waals surface area contributed by atoms with Crippen LogP contribution in [0.3, 0.4) is 0 Å². The van der Waals surface area contributed by atoms with Gasteiger partial charge in [0.15, 0.2) is 0 Å². The molecule has 72 valence electrons. The molecule has 0 bridgehead atoms. The van der Waals surface area contributed by atoms with Gasteiger partial charge < -0.3 is 0 Å². The van der Waals surface area contributed by atoms with Crippen molar-refractivity contribution >= 4 is 10.0 Å². The van der Waals surface area contributed by atoms with E-state index in [1.165, 1.54) is 0 Å². The molecule has 1 aliphatic rings. The van der Waals surface area contributed by atoms with Gasteiger partial charge in [-0.3, -0.25) is 0 Å². The molecule has 0 aromatic heterocycles. The molecule has 1 aliphatic carbocycles. The van der Waals surface area contributed by atoms with Gasteiger partial charge in [0, 0.05) is 5.41 Å². The van der Waals surface area contributed by atoms with Crippen LogP contribution in [-0.4, -0.2) is 20.6 Å². The van der Waals surface area contributed by atoms with Crippen LogP contribution in [0.15, 0.2) is 0 Å². The molecule has 0 unspecified atom stereocenters. The molecule has 2 N–H and O–H groups in total. The quantitative estimate of drug-likeness (QED) is 0.727. The van der Waals surface area contributed by atoms with Crippen molar-refractivity contribution in [2.24, 2.45) is 10.6 Å². The first kappa shape index (κ1) is 9.85. The predicted octanol–water partition coefficient (Wildman–Crippen LogP) is 0.710. The second kappa shape index (κ2) is 2.92. The van der Waals surface area contributed by atoms with Gasteiger partial charge in [0.05, 0.1) is 5.75 Å². The molecule has 0 atom stereocenters.